The Hall–Kier alpha value is -1.56. The summed E-state index contributed by atoms with van der Waals surface area (Å²) in [6, 6.07) is 13.6. The Morgan fingerprint density at radius 1 is 1.06 bits per heavy atom. The van der Waals surface area contributed by atoms with Crippen molar-refractivity contribution in [2.75, 3.05) is 0 Å². The highest BCUT2D eigenvalue weighted by Gasteiger charge is 2.20. The highest BCUT2D eigenvalue weighted by Crippen LogP contribution is 2.39. The summed E-state index contributed by atoms with van der Waals surface area (Å²) >= 11 is 0. The summed E-state index contributed by atoms with van der Waals surface area (Å²) in [4.78, 5) is 0. The van der Waals surface area contributed by atoms with Gasteiger partial charge in [-0.3, -0.25) is 0 Å². The number of hydrogen-bond donors (Lipinski definition) is 0. The van der Waals surface area contributed by atoms with Crippen LogP contribution < -0.4 is 0 Å². The number of hydrogen-bond acceptors (Lipinski definition) is 0. The van der Waals surface area contributed by atoms with Crippen LogP contribution in [0.5, 0.6) is 0 Å². The standard InChI is InChI=1S/C16H16/c1-3-12-5-4-6-13-10-14-9-11(2)7-8-15(14)16(12)13/h4-9H,3,10H2,1-2H3. The van der Waals surface area contributed by atoms with Gasteiger partial charge in [-0.25, -0.2) is 0 Å². The van der Waals surface area contributed by atoms with Gasteiger partial charge < -0.3 is 0 Å². The number of aryl methyl sites for hydroxylation is 2. The summed E-state index contributed by atoms with van der Waals surface area (Å²) in [7, 11) is 0. The molecule has 3 rings (SSSR count). The molecule has 0 aromatic heterocycles. The van der Waals surface area contributed by atoms with Crippen molar-refractivity contribution < 1.29 is 0 Å². The van der Waals surface area contributed by atoms with Gasteiger partial charge in [0.25, 0.3) is 0 Å². The first-order valence-electron chi connectivity index (χ1n) is 6.00. The van der Waals surface area contributed by atoms with Crippen LogP contribution in [0.2, 0.25) is 0 Å². The van der Waals surface area contributed by atoms with Crippen molar-refractivity contribution in [3.8, 4) is 11.1 Å². The van der Waals surface area contributed by atoms with Crippen LogP contribution >= 0.6 is 0 Å². The maximum Gasteiger partial charge on any atom is -0.00133 e. The van der Waals surface area contributed by atoms with Gasteiger partial charge in [0, 0.05) is 0 Å². The van der Waals surface area contributed by atoms with Crippen LogP contribution in [0.1, 0.15) is 29.2 Å². The van der Waals surface area contributed by atoms with Gasteiger partial charge in [0.1, 0.15) is 0 Å². The fourth-order valence-electron chi connectivity index (χ4n) is 2.76. The van der Waals surface area contributed by atoms with Crippen LogP contribution in [0.15, 0.2) is 36.4 Å². The fourth-order valence-corrected chi connectivity index (χ4v) is 2.76. The zero-order valence-corrected chi connectivity index (χ0v) is 9.88. The van der Waals surface area contributed by atoms with Gasteiger partial charge in [0.15, 0.2) is 0 Å². The molecule has 1 aliphatic carbocycles. The lowest BCUT2D eigenvalue weighted by atomic mass is 9.97. The molecule has 16 heavy (non-hydrogen) atoms. The van der Waals surface area contributed by atoms with Crippen LogP contribution in [-0.4, -0.2) is 0 Å². The summed E-state index contributed by atoms with van der Waals surface area (Å²) in [6.45, 7) is 4.41. The second-order valence-electron chi connectivity index (χ2n) is 4.64. The Morgan fingerprint density at radius 2 is 1.94 bits per heavy atom. The third-order valence-corrected chi connectivity index (χ3v) is 3.53. The third-order valence-electron chi connectivity index (χ3n) is 3.53. The summed E-state index contributed by atoms with van der Waals surface area (Å²) in [6.07, 6.45) is 2.23. The Balaban J connectivity index is 2.27. The minimum atomic E-state index is 1.11. The van der Waals surface area contributed by atoms with Gasteiger partial charge in [-0.2, -0.15) is 0 Å². The van der Waals surface area contributed by atoms with E-state index >= 15 is 0 Å². The minimum absolute atomic E-state index is 1.11. The molecule has 2 aromatic carbocycles. The number of fused-ring (bicyclic) bond motifs is 3. The molecule has 0 saturated heterocycles. The van der Waals surface area contributed by atoms with Crippen molar-refractivity contribution in [2.24, 2.45) is 0 Å². The van der Waals surface area contributed by atoms with Crippen LogP contribution in [0.25, 0.3) is 11.1 Å². The van der Waals surface area contributed by atoms with E-state index in [-0.39, 0.29) is 0 Å². The van der Waals surface area contributed by atoms with Crippen molar-refractivity contribution in [3.05, 3.63) is 58.7 Å². The van der Waals surface area contributed by atoms with E-state index in [4.69, 9.17) is 0 Å². The molecule has 0 spiro atoms. The van der Waals surface area contributed by atoms with Gasteiger partial charge in [-0.15, -0.1) is 0 Å². The van der Waals surface area contributed by atoms with E-state index in [1.165, 1.54) is 33.4 Å². The molecule has 0 heterocycles. The molecule has 0 N–H and O–H groups in total. The second-order valence-corrected chi connectivity index (χ2v) is 4.64. The lowest BCUT2D eigenvalue weighted by Gasteiger charge is -2.07. The van der Waals surface area contributed by atoms with Crippen LogP contribution in [0, 0.1) is 6.92 Å². The Labute approximate surface area is 96.9 Å². The zero-order valence-electron chi connectivity index (χ0n) is 9.88. The molecule has 2 aromatic rings. The van der Waals surface area contributed by atoms with E-state index in [1.54, 1.807) is 0 Å². The SMILES string of the molecule is CCc1cccc2c1-c1ccc(C)cc1C2. The van der Waals surface area contributed by atoms with Crippen LogP contribution in [0.4, 0.5) is 0 Å². The van der Waals surface area contributed by atoms with E-state index in [0.717, 1.165) is 12.8 Å². The van der Waals surface area contributed by atoms with E-state index in [0.29, 0.717) is 0 Å². The molecular weight excluding hydrogens is 192 g/mol. The van der Waals surface area contributed by atoms with E-state index in [2.05, 4.69) is 50.2 Å². The molecule has 1 aliphatic rings. The molecule has 0 amide bonds. The van der Waals surface area contributed by atoms with Gasteiger partial charge in [0.05, 0.1) is 0 Å². The highest BCUT2D eigenvalue weighted by atomic mass is 14.2. The maximum atomic E-state index is 2.33. The third kappa shape index (κ3) is 1.30. The van der Waals surface area contributed by atoms with Crippen molar-refractivity contribution >= 4 is 0 Å². The van der Waals surface area contributed by atoms with Crippen molar-refractivity contribution in [3.63, 3.8) is 0 Å². The number of benzene rings is 2. The minimum Gasteiger partial charge on any atom is -0.0617 e. The Kier molecular flexibility index (Phi) is 2.10. The molecule has 0 nitrogen and oxygen atoms in total. The van der Waals surface area contributed by atoms with Crippen LogP contribution in [0.3, 0.4) is 0 Å². The van der Waals surface area contributed by atoms with Gasteiger partial charge >= 0.3 is 0 Å². The highest BCUT2D eigenvalue weighted by molar-refractivity contribution is 5.79. The predicted molar refractivity (Wildman–Crippen MR) is 68.8 cm³/mol. The van der Waals surface area contributed by atoms with Crippen molar-refractivity contribution in [1.29, 1.82) is 0 Å². The molecular formula is C16H16. The summed E-state index contributed by atoms with van der Waals surface area (Å²) in [5.74, 6) is 0. The maximum absolute atomic E-state index is 2.33. The first kappa shape index (κ1) is 9.65. The molecule has 0 radical (unpaired) electrons. The largest absolute Gasteiger partial charge is 0.0617 e. The average Bonchev–Trinajstić information content (AvgIpc) is 2.65. The molecule has 0 heteroatoms. The molecule has 0 aliphatic heterocycles. The first-order chi connectivity index (χ1) is 7.79. The molecule has 0 unspecified atom stereocenters. The normalized spacial score (nSPS) is 12.4. The lowest BCUT2D eigenvalue weighted by molar-refractivity contribution is 1.13. The van der Waals surface area contributed by atoms with E-state index < -0.39 is 0 Å². The molecule has 80 valence electrons. The average molecular weight is 208 g/mol. The lowest BCUT2D eigenvalue weighted by Crippen LogP contribution is -1.87. The monoisotopic (exact) mass is 208 g/mol. The quantitative estimate of drug-likeness (QED) is 0.564. The smallest absolute Gasteiger partial charge is 0.00133 e. The van der Waals surface area contributed by atoms with Gasteiger partial charge in [0.2, 0.25) is 0 Å². The molecule has 0 fully saturated rings. The summed E-state index contributed by atoms with van der Waals surface area (Å²) in [5.41, 5.74) is 8.80. The molecule has 0 saturated carbocycles. The molecule has 0 bridgehead atoms. The first-order valence-corrected chi connectivity index (χ1v) is 6.00. The Morgan fingerprint density at radius 3 is 2.75 bits per heavy atom. The number of rotatable bonds is 1. The summed E-state index contributed by atoms with van der Waals surface area (Å²) in [5, 5.41) is 0. The van der Waals surface area contributed by atoms with Gasteiger partial charge in [-0.1, -0.05) is 48.9 Å². The van der Waals surface area contributed by atoms with E-state index in [1.807, 2.05) is 0 Å². The van der Waals surface area contributed by atoms with Crippen molar-refractivity contribution in [2.45, 2.75) is 26.7 Å². The zero-order chi connectivity index (χ0) is 11.1. The van der Waals surface area contributed by atoms with Crippen molar-refractivity contribution in [1.82, 2.24) is 0 Å². The summed E-state index contributed by atoms with van der Waals surface area (Å²) < 4.78 is 0. The molecule has 0 atom stereocenters. The second kappa shape index (κ2) is 3.48. The predicted octanol–water partition coefficient (Wildman–Crippen LogP) is 4.13. The fraction of sp³-hybridized carbons (Fsp3) is 0.250. The van der Waals surface area contributed by atoms with Gasteiger partial charge in [-0.05, 0) is 47.6 Å². The van der Waals surface area contributed by atoms with E-state index in [9.17, 15) is 0 Å². The van der Waals surface area contributed by atoms with Crippen LogP contribution in [-0.2, 0) is 12.8 Å². The Bertz CT molecular complexity index is 550. The topological polar surface area (TPSA) is 0 Å².